The fourth-order valence-corrected chi connectivity index (χ4v) is 4.20. The minimum atomic E-state index is -0.0737. The van der Waals surface area contributed by atoms with E-state index < -0.39 is 0 Å². The van der Waals surface area contributed by atoms with Gasteiger partial charge >= 0.3 is 0 Å². The summed E-state index contributed by atoms with van der Waals surface area (Å²) in [6.07, 6.45) is 1.03. The second-order valence-corrected chi connectivity index (χ2v) is 8.02. The molecule has 146 valence electrons. The van der Waals surface area contributed by atoms with Crippen LogP contribution in [0.4, 0.5) is 5.69 Å². The van der Waals surface area contributed by atoms with Crippen LogP contribution in [0.2, 0.25) is 5.02 Å². The van der Waals surface area contributed by atoms with Gasteiger partial charge in [0.2, 0.25) is 5.91 Å². The van der Waals surface area contributed by atoms with E-state index in [0.29, 0.717) is 23.6 Å². The molecule has 4 aromatic rings. The summed E-state index contributed by atoms with van der Waals surface area (Å²) >= 11 is 8.04. The number of halogens is 1. The van der Waals surface area contributed by atoms with Crippen molar-refractivity contribution < 1.29 is 9.53 Å². The first-order chi connectivity index (χ1) is 14.1. The number of hydrogen-bond donors (Lipinski definition) is 1. The molecule has 4 nitrogen and oxygen atoms in total. The molecule has 1 N–H and O–H groups in total. The topological polar surface area (TPSA) is 51.2 Å². The van der Waals surface area contributed by atoms with Crippen molar-refractivity contribution in [2.75, 3.05) is 12.4 Å². The molecule has 1 aromatic heterocycles. The molecule has 0 bridgehead atoms. The Kier molecular flexibility index (Phi) is 5.79. The zero-order chi connectivity index (χ0) is 20.2. The first kappa shape index (κ1) is 19.4. The maximum atomic E-state index is 12.3. The average Bonchev–Trinajstić information content (AvgIpc) is 3.18. The Morgan fingerprint density at radius 3 is 2.62 bits per heavy atom. The fourth-order valence-electron chi connectivity index (χ4n) is 3.01. The summed E-state index contributed by atoms with van der Waals surface area (Å²) in [6.45, 7) is 0. The van der Waals surface area contributed by atoms with Crippen LogP contribution >= 0.6 is 22.9 Å². The number of carbonyl (C=O) groups excluding carboxylic acids is 1. The van der Waals surface area contributed by atoms with Crippen LogP contribution in [0.15, 0.2) is 66.7 Å². The normalized spacial score (nSPS) is 10.8. The van der Waals surface area contributed by atoms with Crippen molar-refractivity contribution in [3.63, 3.8) is 0 Å². The number of para-hydroxylation sites is 1. The highest BCUT2D eigenvalue weighted by Gasteiger charge is 2.11. The molecule has 0 radical (unpaired) electrons. The number of rotatable bonds is 6. The van der Waals surface area contributed by atoms with Gasteiger partial charge in [-0.25, -0.2) is 4.98 Å². The standard InChI is InChI=1S/C23H19ClN2O2S/c1-28-17-10-6-15(7-11-17)8-13-22(27)25-19-12-9-16(14-18(19)24)23-26-20-4-2-3-5-21(20)29-23/h2-7,9-12,14H,8,13H2,1H3,(H,25,27). The molecule has 0 aliphatic carbocycles. The van der Waals surface area contributed by atoms with E-state index in [4.69, 9.17) is 16.3 Å². The second kappa shape index (κ2) is 8.64. The number of fused-ring (bicyclic) bond motifs is 1. The Morgan fingerprint density at radius 2 is 1.90 bits per heavy atom. The summed E-state index contributed by atoms with van der Waals surface area (Å²) in [4.78, 5) is 17.0. The minimum Gasteiger partial charge on any atom is -0.497 e. The smallest absolute Gasteiger partial charge is 0.224 e. The van der Waals surface area contributed by atoms with Gasteiger partial charge < -0.3 is 10.1 Å². The molecule has 0 saturated heterocycles. The van der Waals surface area contributed by atoms with Gasteiger partial charge in [0.15, 0.2) is 0 Å². The number of nitrogens with one attached hydrogen (secondary N) is 1. The third kappa shape index (κ3) is 4.58. The summed E-state index contributed by atoms with van der Waals surface area (Å²) in [5.74, 6) is 0.730. The lowest BCUT2D eigenvalue weighted by Gasteiger charge is -2.09. The van der Waals surface area contributed by atoms with Crippen LogP contribution in [0.25, 0.3) is 20.8 Å². The van der Waals surface area contributed by atoms with Crippen molar-refractivity contribution in [1.29, 1.82) is 0 Å². The molecule has 6 heteroatoms. The number of benzene rings is 3. The van der Waals surface area contributed by atoms with E-state index in [-0.39, 0.29) is 5.91 Å². The van der Waals surface area contributed by atoms with E-state index in [2.05, 4.69) is 16.4 Å². The molecule has 0 aliphatic rings. The van der Waals surface area contributed by atoms with Crippen molar-refractivity contribution in [2.45, 2.75) is 12.8 Å². The number of aryl methyl sites for hydroxylation is 1. The number of hydrogen-bond acceptors (Lipinski definition) is 4. The maximum absolute atomic E-state index is 12.3. The van der Waals surface area contributed by atoms with Gasteiger partial charge in [-0.15, -0.1) is 11.3 Å². The molecule has 0 aliphatic heterocycles. The molecule has 0 saturated carbocycles. The Morgan fingerprint density at radius 1 is 1.10 bits per heavy atom. The Bertz CT molecular complexity index is 1120. The molecule has 1 heterocycles. The predicted molar refractivity (Wildman–Crippen MR) is 120 cm³/mol. The number of aromatic nitrogens is 1. The lowest BCUT2D eigenvalue weighted by molar-refractivity contribution is -0.116. The monoisotopic (exact) mass is 422 g/mol. The van der Waals surface area contributed by atoms with Gasteiger partial charge in [0.1, 0.15) is 10.8 Å². The third-order valence-corrected chi connectivity index (χ3v) is 5.98. The molecular weight excluding hydrogens is 404 g/mol. The lowest BCUT2D eigenvalue weighted by atomic mass is 10.1. The largest absolute Gasteiger partial charge is 0.497 e. The zero-order valence-electron chi connectivity index (χ0n) is 15.8. The van der Waals surface area contributed by atoms with Crippen LogP contribution in [0.5, 0.6) is 5.75 Å². The third-order valence-electron chi connectivity index (χ3n) is 4.58. The van der Waals surface area contributed by atoms with Crippen molar-refractivity contribution in [1.82, 2.24) is 4.98 Å². The van der Waals surface area contributed by atoms with Gasteiger partial charge in [0.25, 0.3) is 0 Å². The van der Waals surface area contributed by atoms with Crippen molar-refractivity contribution in [3.8, 4) is 16.3 Å². The van der Waals surface area contributed by atoms with Gasteiger partial charge in [-0.05, 0) is 54.4 Å². The highest BCUT2D eigenvalue weighted by atomic mass is 35.5. The first-order valence-corrected chi connectivity index (χ1v) is 10.4. The maximum Gasteiger partial charge on any atom is 0.224 e. The summed E-state index contributed by atoms with van der Waals surface area (Å²) in [7, 11) is 1.63. The Balaban J connectivity index is 1.41. The van der Waals surface area contributed by atoms with Crippen molar-refractivity contribution in [2.24, 2.45) is 0 Å². The molecule has 0 unspecified atom stereocenters. The quantitative estimate of drug-likeness (QED) is 0.402. The molecule has 29 heavy (non-hydrogen) atoms. The zero-order valence-corrected chi connectivity index (χ0v) is 17.4. The van der Waals surface area contributed by atoms with Crippen molar-refractivity contribution >= 4 is 44.7 Å². The number of thiazole rings is 1. The van der Waals surface area contributed by atoms with Gasteiger partial charge in [0, 0.05) is 12.0 Å². The average molecular weight is 423 g/mol. The summed E-state index contributed by atoms with van der Waals surface area (Å²) in [5, 5.41) is 4.30. The predicted octanol–water partition coefficient (Wildman–Crippen LogP) is 6.20. The van der Waals surface area contributed by atoms with Gasteiger partial charge in [-0.2, -0.15) is 0 Å². The molecule has 1 amide bonds. The Labute approximate surface area is 178 Å². The van der Waals surface area contributed by atoms with E-state index >= 15 is 0 Å². The molecule has 4 rings (SSSR count). The second-order valence-electron chi connectivity index (χ2n) is 6.58. The Hall–Kier alpha value is -2.89. The van der Waals surface area contributed by atoms with Crippen LogP contribution in [-0.4, -0.2) is 18.0 Å². The molecular formula is C23H19ClN2O2S. The van der Waals surface area contributed by atoms with Crippen LogP contribution in [-0.2, 0) is 11.2 Å². The SMILES string of the molecule is COc1ccc(CCC(=O)Nc2ccc(-c3nc4ccccc4s3)cc2Cl)cc1. The molecule has 0 fully saturated rings. The molecule has 0 atom stereocenters. The fraction of sp³-hybridized carbons (Fsp3) is 0.130. The number of carbonyl (C=O) groups is 1. The number of ether oxygens (including phenoxy) is 1. The number of anilines is 1. The van der Waals surface area contributed by atoms with Gasteiger partial charge in [-0.1, -0.05) is 35.9 Å². The highest BCUT2D eigenvalue weighted by Crippen LogP contribution is 2.33. The van der Waals surface area contributed by atoms with Crippen LogP contribution in [0, 0.1) is 0 Å². The number of amides is 1. The van der Waals surface area contributed by atoms with E-state index in [1.54, 1.807) is 18.4 Å². The van der Waals surface area contributed by atoms with E-state index in [9.17, 15) is 4.79 Å². The molecule has 3 aromatic carbocycles. The van der Waals surface area contributed by atoms with Crippen LogP contribution in [0.1, 0.15) is 12.0 Å². The summed E-state index contributed by atoms with van der Waals surface area (Å²) in [5.41, 5.74) is 3.60. The molecule has 0 spiro atoms. The van der Waals surface area contributed by atoms with Gasteiger partial charge in [0.05, 0.1) is 28.0 Å². The summed E-state index contributed by atoms with van der Waals surface area (Å²) < 4.78 is 6.28. The number of methoxy groups -OCH3 is 1. The first-order valence-electron chi connectivity index (χ1n) is 9.20. The van der Waals surface area contributed by atoms with Crippen molar-refractivity contribution in [3.05, 3.63) is 77.3 Å². The van der Waals surface area contributed by atoms with E-state index in [1.165, 1.54) is 0 Å². The highest BCUT2D eigenvalue weighted by molar-refractivity contribution is 7.21. The van der Waals surface area contributed by atoms with Crippen LogP contribution in [0.3, 0.4) is 0 Å². The lowest BCUT2D eigenvalue weighted by Crippen LogP contribution is -2.12. The minimum absolute atomic E-state index is 0.0737. The van der Waals surface area contributed by atoms with Crippen LogP contribution < -0.4 is 10.1 Å². The van der Waals surface area contributed by atoms with Gasteiger partial charge in [-0.3, -0.25) is 4.79 Å². The van der Waals surface area contributed by atoms with E-state index in [0.717, 1.165) is 32.1 Å². The number of nitrogens with zero attached hydrogens (tertiary/aromatic N) is 1. The van der Waals surface area contributed by atoms with E-state index in [1.807, 2.05) is 60.7 Å². The summed E-state index contributed by atoms with van der Waals surface area (Å²) in [6, 6.07) is 21.3.